The quantitative estimate of drug-likeness (QED) is 0.193. The topological polar surface area (TPSA) is 183 Å². The smallest absolute Gasteiger partial charge is 0.330 e. The summed E-state index contributed by atoms with van der Waals surface area (Å²) in [7, 11) is 0. The SMILES string of the molecule is [2H]N(C(=O)CC[C@H](N)C(=O)O)[C@@H](CSCc1ccc(-c2ccc(C#N)cc2)cc1)C(=O)NC(C(=O)O)c1ccccc1. The number of carboxylic acids is 2. The van der Waals surface area contributed by atoms with Gasteiger partial charge in [0.2, 0.25) is 11.8 Å². The van der Waals surface area contributed by atoms with Gasteiger partial charge in [-0.3, -0.25) is 14.4 Å². The summed E-state index contributed by atoms with van der Waals surface area (Å²) >= 11 is 1.28. The van der Waals surface area contributed by atoms with E-state index in [0.29, 0.717) is 22.2 Å². The molecule has 0 fully saturated rings. The van der Waals surface area contributed by atoms with Crippen LogP contribution in [0.4, 0.5) is 0 Å². The molecule has 0 saturated heterocycles. The first-order valence-electron chi connectivity index (χ1n) is 13.1. The van der Waals surface area contributed by atoms with E-state index in [4.69, 9.17) is 17.5 Å². The second kappa shape index (κ2) is 15.2. The lowest BCUT2D eigenvalue weighted by Gasteiger charge is -2.22. The predicted octanol–water partition coefficient (Wildman–Crippen LogP) is 3.08. The molecule has 0 saturated carbocycles. The number of nitriles is 1. The molecule has 3 aromatic carbocycles. The predicted molar refractivity (Wildman–Crippen MR) is 154 cm³/mol. The molecule has 212 valence electrons. The van der Waals surface area contributed by atoms with Crippen LogP contribution in [-0.4, -0.2) is 51.8 Å². The number of benzene rings is 3. The molecule has 0 radical (unpaired) electrons. The van der Waals surface area contributed by atoms with Crippen LogP contribution < -0.4 is 16.4 Å². The van der Waals surface area contributed by atoms with Gasteiger partial charge in [-0.15, -0.1) is 0 Å². The molecule has 0 aliphatic carbocycles. The van der Waals surface area contributed by atoms with Crippen LogP contribution in [0.5, 0.6) is 0 Å². The lowest BCUT2D eigenvalue weighted by Crippen LogP contribution is -2.50. The number of amides is 2. The van der Waals surface area contributed by atoms with Crippen molar-refractivity contribution in [1.82, 2.24) is 10.6 Å². The van der Waals surface area contributed by atoms with Crippen molar-refractivity contribution in [3.8, 4) is 17.2 Å². The molecule has 10 nitrogen and oxygen atoms in total. The summed E-state index contributed by atoms with van der Waals surface area (Å²) in [5, 5.41) is 30.6. The van der Waals surface area contributed by atoms with Gasteiger partial charge in [0.05, 0.1) is 11.6 Å². The Hall–Kier alpha value is -4.66. The molecule has 0 aliphatic heterocycles. The molecule has 0 spiro atoms. The Morgan fingerprint density at radius 2 is 1.54 bits per heavy atom. The third kappa shape index (κ3) is 9.49. The Bertz CT molecular complexity index is 1430. The van der Waals surface area contributed by atoms with Gasteiger partial charge in [-0.05, 0) is 40.8 Å². The molecule has 0 aliphatic rings. The number of carboxylic acid groups (broad SMARTS) is 2. The zero-order valence-electron chi connectivity index (χ0n) is 23.0. The maximum atomic E-state index is 13.3. The fourth-order valence-corrected chi connectivity index (χ4v) is 4.80. The number of hydrogen-bond acceptors (Lipinski definition) is 7. The minimum atomic E-state index is -1.40. The highest BCUT2D eigenvalue weighted by atomic mass is 32.2. The minimum Gasteiger partial charge on any atom is -0.480 e. The van der Waals surface area contributed by atoms with Crippen LogP contribution in [0.1, 0.15) is 35.6 Å². The molecular weight excluding hydrogens is 544 g/mol. The Morgan fingerprint density at radius 3 is 2.10 bits per heavy atom. The average molecular weight is 576 g/mol. The molecule has 11 heteroatoms. The Labute approximate surface area is 243 Å². The third-order valence-electron chi connectivity index (χ3n) is 6.10. The van der Waals surface area contributed by atoms with E-state index in [1.54, 1.807) is 42.5 Å². The monoisotopic (exact) mass is 575 g/mol. The van der Waals surface area contributed by atoms with Crippen LogP contribution in [0.25, 0.3) is 11.1 Å². The summed E-state index contributed by atoms with van der Waals surface area (Å²) < 4.78 is 8.36. The van der Waals surface area contributed by atoms with E-state index < -0.39 is 41.9 Å². The van der Waals surface area contributed by atoms with E-state index in [1.807, 2.05) is 36.4 Å². The van der Waals surface area contributed by atoms with Crippen LogP contribution in [0, 0.1) is 11.3 Å². The van der Waals surface area contributed by atoms with E-state index in [1.165, 1.54) is 11.8 Å². The summed E-state index contributed by atoms with van der Waals surface area (Å²) in [6.45, 7) is 0. The largest absolute Gasteiger partial charge is 0.480 e. The van der Waals surface area contributed by atoms with Gasteiger partial charge in [0, 0.05) is 17.9 Å². The van der Waals surface area contributed by atoms with Crippen molar-refractivity contribution in [3.05, 3.63) is 95.6 Å². The standard InChI is InChI=1S/C30H30N4O6S/c31-16-19-6-10-21(11-7-19)22-12-8-20(9-13-22)17-41-18-25(33-26(35)15-14-24(32)29(37)38)28(36)34-27(30(39)40)23-4-2-1-3-5-23/h1-13,24-25,27H,14-15,17-18,32H2,(H,33,35)(H,34,36)(H,37,38)(H,39,40)/t24-,25-,27?/m0/s1/i/hD. The number of hydrogen-bond donors (Lipinski definition) is 5. The summed E-state index contributed by atoms with van der Waals surface area (Å²) in [6.07, 6.45) is -0.596. The fourth-order valence-electron chi connectivity index (χ4n) is 3.80. The van der Waals surface area contributed by atoms with E-state index in [9.17, 15) is 24.3 Å². The van der Waals surface area contributed by atoms with Crippen molar-refractivity contribution in [2.45, 2.75) is 36.7 Å². The van der Waals surface area contributed by atoms with E-state index in [0.717, 1.165) is 16.7 Å². The van der Waals surface area contributed by atoms with E-state index in [2.05, 4.69) is 11.4 Å². The normalized spacial score (nSPS) is 13.1. The molecular formula is C30H30N4O6S. The number of aliphatic carboxylic acids is 2. The maximum Gasteiger partial charge on any atom is 0.330 e. The van der Waals surface area contributed by atoms with Crippen LogP contribution in [0.2, 0.25) is 1.41 Å². The molecule has 3 rings (SSSR count). The second-order valence-electron chi connectivity index (χ2n) is 9.11. The van der Waals surface area contributed by atoms with E-state index >= 15 is 0 Å². The zero-order valence-corrected chi connectivity index (χ0v) is 22.8. The van der Waals surface area contributed by atoms with Crippen molar-refractivity contribution in [2.75, 3.05) is 5.75 Å². The average Bonchev–Trinajstić information content (AvgIpc) is 3.00. The molecule has 2 amide bonds. The molecule has 3 aromatic rings. The van der Waals surface area contributed by atoms with Gasteiger partial charge in [-0.1, -0.05) is 66.7 Å². The van der Waals surface area contributed by atoms with Gasteiger partial charge in [-0.2, -0.15) is 17.0 Å². The molecule has 41 heavy (non-hydrogen) atoms. The molecule has 3 atom stereocenters. The first kappa shape index (κ1) is 29.3. The van der Waals surface area contributed by atoms with Crippen LogP contribution in [0.3, 0.4) is 0 Å². The first-order chi connectivity index (χ1) is 20.1. The summed E-state index contributed by atoms with van der Waals surface area (Å²) in [6, 6.07) is 20.9. The molecule has 0 heterocycles. The lowest BCUT2D eigenvalue weighted by atomic mass is 10.0. The number of nitrogens with one attached hydrogen (secondary N) is 2. The van der Waals surface area contributed by atoms with Crippen LogP contribution >= 0.6 is 11.8 Å². The molecule has 0 bridgehead atoms. The first-order valence-corrected chi connectivity index (χ1v) is 13.8. The Balaban J connectivity index is 1.71. The molecule has 0 aromatic heterocycles. The van der Waals surface area contributed by atoms with Crippen molar-refractivity contribution in [1.29, 1.82) is 5.26 Å². The Morgan fingerprint density at radius 1 is 0.927 bits per heavy atom. The third-order valence-corrected chi connectivity index (χ3v) is 7.19. The van der Waals surface area contributed by atoms with Crippen molar-refractivity contribution >= 4 is 35.5 Å². The van der Waals surface area contributed by atoms with Crippen LogP contribution in [-0.2, 0) is 24.9 Å². The van der Waals surface area contributed by atoms with Crippen molar-refractivity contribution in [3.63, 3.8) is 0 Å². The van der Waals surface area contributed by atoms with Gasteiger partial charge in [-0.25, -0.2) is 4.79 Å². The van der Waals surface area contributed by atoms with Gasteiger partial charge < -0.3 is 26.6 Å². The summed E-state index contributed by atoms with van der Waals surface area (Å²) in [5.41, 5.74) is 9.18. The number of thioether (sulfide) groups is 1. The van der Waals surface area contributed by atoms with E-state index in [-0.39, 0.29) is 18.6 Å². The number of carbonyl (C=O) groups is 4. The molecule has 1 unspecified atom stereocenters. The lowest BCUT2D eigenvalue weighted by molar-refractivity contribution is -0.142. The summed E-state index contributed by atoms with van der Waals surface area (Å²) in [5.74, 6) is -3.83. The molecule has 6 N–H and O–H groups in total. The highest BCUT2D eigenvalue weighted by molar-refractivity contribution is 7.98. The minimum absolute atomic E-state index is 0.0233. The van der Waals surface area contributed by atoms with Gasteiger partial charge >= 0.3 is 11.9 Å². The van der Waals surface area contributed by atoms with Crippen molar-refractivity contribution in [2.24, 2.45) is 5.73 Å². The highest BCUT2D eigenvalue weighted by Crippen LogP contribution is 2.22. The number of carbonyl (C=O) groups excluding carboxylic acids is 2. The highest BCUT2D eigenvalue weighted by Gasteiger charge is 2.28. The van der Waals surface area contributed by atoms with Crippen molar-refractivity contribution < 1.29 is 30.8 Å². The zero-order chi connectivity index (χ0) is 30.6. The second-order valence-corrected chi connectivity index (χ2v) is 10.1. The van der Waals surface area contributed by atoms with Gasteiger partial charge in [0.1, 0.15) is 12.1 Å². The van der Waals surface area contributed by atoms with Crippen LogP contribution in [0.15, 0.2) is 78.9 Å². The van der Waals surface area contributed by atoms with Gasteiger partial charge in [0.25, 0.3) is 0 Å². The fraction of sp³-hybridized carbons (Fsp3) is 0.233. The summed E-state index contributed by atoms with van der Waals surface area (Å²) in [4.78, 5) is 48.9. The number of rotatable bonds is 14. The Kier molecular flexibility index (Phi) is 10.9. The maximum absolute atomic E-state index is 13.3. The number of nitrogens with zero attached hydrogens (tertiary/aromatic N) is 1. The number of nitrogens with two attached hydrogens (primary N) is 1. The van der Waals surface area contributed by atoms with Gasteiger partial charge in [0.15, 0.2) is 7.45 Å².